The number of ether oxygens (including phenoxy) is 1. The van der Waals surface area contributed by atoms with Crippen molar-refractivity contribution in [3.63, 3.8) is 0 Å². The summed E-state index contributed by atoms with van der Waals surface area (Å²) in [6.45, 7) is 0. The predicted molar refractivity (Wildman–Crippen MR) is 75.5 cm³/mol. The molecule has 0 bridgehead atoms. The smallest absolute Gasteiger partial charge is 0.341 e. The largest absolute Gasteiger partial charge is 0.459 e. The molecule has 0 aliphatic heterocycles. The molecule has 2 N–H and O–H groups in total. The minimum atomic E-state index is -4.03. The van der Waals surface area contributed by atoms with Crippen LogP contribution in [0.3, 0.4) is 0 Å². The van der Waals surface area contributed by atoms with E-state index in [1.54, 1.807) is 0 Å². The van der Waals surface area contributed by atoms with Crippen LogP contribution in [0.2, 0.25) is 10.0 Å². The summed E-state index contributed by atoms with van der Waals surface area (Å²) in [6.07, 6.45) is 3.40. The highest BCUT2D eigenvalue weighted by Crippen LogP contribution is 2.32. The molecule has 0 aromatic heterocycles. The van der Waals surface area contributed by atoms with Gasteiger partial charge in [0.05, 0.1) is 15.6 Å². The van der Waals surface area contributed by atoms with Crippen molar-refractivity contribution in [1.29, 1.82) is 0 Å². The Balaban J connectivity index is 2.37. The maximum atomic E-state index is 12.1. The lowest BCUT2D eigenvalue weighted by molar-refractivity contribution is 0.0318. The molecule has 1 aliphatic carbocycles. The second-order valence-electron chi connectivity index (χ2n) is 4.59. The van der Waals surface area contributed by atoms with Crippen LogP contribution in [0.15, 0.2) is 17.0 Å². The summed E-state index contributed by atoms with van der Waals surface area (Å²) in [5.41, 5.74) is -0.160. The number of carbonyl (C=O) groups is 1. The van der Waals surface area contributed by atoms with E-state index in [4.69, 9.17) is 33.1 Å². The van der Waals surface area contributed by atoms with Crippen LogP contribution >= 0.6 is 23.2 Å². The highest BCUT2D eigenvalue weighted by atomic mass is 35.5. The number of primary sulfonamides is 1. The van der Waals surface area contributed by atoms with Crippen molar-refractivity contribution in [2.24, 2.45) is 5.14 Å². The van der Waals surface area contributed by atoms with Gasteiger partial charge in [0.25, 0.3) is 0 Å². The summed E-state index contributed by atoms with van der Waals surface area (Å²) < 4.78 is 28.0. The van der Waals surface area contributed by atoms with E-state index in [0.717, 1.165) is 31.7 Å². The quantitative estimate of drug-likeness (QED) is 0.859. The first-order valence-corrected chi connectivity index (χ1v) is 8.32. The summed E-state index contributed by atoms with van der Waals surface area (Å²) in [6, 6.07) is 2.42. The molecule has 110 valence electrons. The van der Waals surface area contributed by atoms with Gasteiger partial charge in [-0.25, -0.2) is 18.4 Å². The van der Waals surface area contributed by atoms with Crippen LogP contribution in [0, 0.1) is 0 Å². The Morgan fingerprint density at radius 2 is 1.85 bits per heavy atom. The molecule has 1 saturated carbocycles. The summed E-state index contributed by atoms with van der Waals surface area (Å²) in [7, 11) is -4.03. The van der Waals surface area contributed by atoms with Crippen molar-refractivity contribution in [3.8, 4) is 0 Å². The van der Waals surface area contributed by atoms with Gasteiger partial charge in [0, 0.05) is 0 Å². The fraction of sp³-hybridized carbons (Fsp3) is 0.417. The van der Waals surface area contributed by atoms with Crippen LogP contribution in [0.4, 0.5) is 0 Å². The molecule has 1 fully saturated rings. The standard InChI is InChI=1S/C12H13Cl2NO4S/c13-8-5-6-9(20(15,17)18)11(14)10(8)12(16)19-7-3-1-2-4-7/h5-7H,1-4H2,(H2,15,17,18). The van der Waals surface area contributed by atoms with Gasteiger partial charge in [-0.05, 0) is 37.8 Å². The number of hydrogen-bond acceptors (Lipinski definition) is 4. The Morgan fingerprint density at radius 1 is 1.25 bits per heavy atom. The molecule has 0 radical (unpaired) electrons. The van der Waals surface area contributed by atoms with Gasteiger partial charge in [-0.3, -0.25) is 0 Å². The van der Waals surface area contributed by atoms with Crippen molar-refractivity contribution in [2.75, 3.05) is 0 Å². The number of rotatable bonds is 3. The van der Waals surface area contributed by atoms with Gasteiger partial charge in [0.15, 0.2) is 0 Å². The molecule has 8 heteroatoms. The molecular formula is C12H13Cl2NO4S. The van der Waals surface area contributed by atoms with E-state index in [9.17, 15) is 13.2 Å². The molecule has 1 aliphatic rings. The topological polar surface area (TPSA) is 86.5 Å². The second kappa shape index (κ2) is 5.89. The van der Waals surface area contributed by atoms with Crippen molar-refractivity contribution in [3.05, 3.63) is 27.7 Å². The van der Waals surface area contributed by atoms with E-state index in [-0.39, 0.29) is 26.6 Å². The minimum absolute atomic E-state index is 0.0328. The highest BCUT2D eigenvalue weighted by Gasteiger charge is 2.26. The monoisotopic (exact) mass is 337 g/mol. The average molecular weight is 338 g/mol. The number of halogens is 2. The Labute approximate surface area is 127 Å². The van der Waals surface area contributed by atoms with Crippen molar-refractivity contribution >= 4 is 39.2 Å². The molecule has 2 rings (SSSR count). The van der Waals surface area contributed by atoms with E-state index >= 15 is 0 Å². The summed E-state index contributed by atoms with van der Waals surface area (Å²) in [5.74, 6) is -0.725. The lowest BCUT2D eigenvalue weighted by Crippen LogP contribution is -2.18. The number of benzene rings is 1. The van der Waals surface area contributed by atoms with E-state index in [0.29, 0.717) is 0 Å². The van der Waals surface area contributed by atoms with E-state index < -0.39 is 16.0 Å². The third-order valence-electron chi connectivity index (χ3n) is 3.14. The maximum absolute atomic E-state index is 12.1. The molecular weight excluding hydrogens is 325 g/mol. The summed E-state index contributed by atoms with van der Waals surface area (Å²) in [5, 5.41) is 4.76. The van der Waals surface area contributed by atoms with Crippen LogP contribution in [0.5, 0.6) is 0 Å². The Morgan fingerprint density at radius 3 is 2.40 bits per heavy atom. The van der Waals surface area contributed by atoms with Crippen molar-refractivity contribution in [2.45, 2.75) is 36.7 Å². The predicted octanol–water partition coefficient (Wildman–Crippen LogP) is 2.74. The zero-order valence-corrected chi connectivity index (χ0v) is 12.8. The average Bonchev–Trinajstić information content (AvgIpc) is 2.79. The molecule has 0 amide bonds. The Hall–Kier alpha value is -0.820. The Kier molecular flexibility index (Phi) is 4.59. The van der Waals surface area contributed by atoms with Crippen LogP contribution in [-0.4, -0.2) is 20.5 Å². The Bertz CT molecular complexity index is 639. The van der Waals surface area contributed by atoms with Gasteiger partial charge >= 0.3 is 5.97 Å². The molecule has 0 saturated heterocycles. The van der Waals surface area contributed by atoms with Gasteiger partial charge in [0.2, 0.25) is 10.0 Å². The fourth-order valence-corrected chi connectivity index (χ4v) is 3.61. The normalized spacial score (nSPS) is 16.4. The first kappa shape index (κ1) is 15.6. The van der Waals surface area contributed by atoms with Crippen LogP contribution in [-0.2, 0) is 14.8 Å². The number of hydrogen-bond donors (Lipinski definition) is 1. The highest BCUT2D eigenvalue weighted by molar-refractivity contribution is 7.89. The van der Waals surface area contributed by atoms with Crippen LogP contribution < -0.4 is 5.14 Å². The van der Waals surface area contributed by atoms with E-state index in [1.165, 1.54) is 6.07 Å². The molecule has 0 unspecified atom stereocenters. The second-order valence-corrected chi connectivity index (χ2v) is 6.91. The number of nitrogens with two attached hydrogens (primary N) is 1. The van der Waals surface area contributed by atoms with Gasteiger partial charge in [-0.1, -0.05) is 23.2 Å². The van der Waals surface area contributed by atoms with Gasteiger partial charge in [0.1, 0.15) is 11.0 Å². The zero-order chi connectivity index (χ0) is 14.9. The fourth-order valence-electron chi connectivity index (χ4n) is 2.16. The summed E-state index contributed by atoms with van der Waals surface area (Å²) >= 11 is 11.8. The van der Waals surface area contributed by atoms with Crippen LogP contribution in [0.1, 0.15) is 36.0 Å². The molecule has 5 nitrogen and oxygen atoms in total. The zero-order valence-electron chi connectivity index (χ0n) is 10.4. The third kappa shape index (κ3) is 3.25. The van der Waals surface area contributed by atoms with Crippen LogP contribution in [0.25, 0.3) is 0 Å². The lowest BCUT2D eigenvalue weighted by Gasteiger charge is -2.14. The SMILES string of the molecule is NS(=O)(=O)c1ccc(Cl)c(C(=O)OC2CCCC2)c1Cl. The molecule has 0 heterocycles. The van der Waals surface area contributed by atoms with E-state index in [1.807, 2.05) is 0 Å². The molecule has 0 atom stereocenters. The molecule has 1 aromatic rings. The molecule has 0 spiro atoms. The lowest BCUT2D eigenvalue weighted by atomic mass is 10.2. The molecule has 20 heavy (non-hydrogen) atoms. The van der Waals surface area contributed by atoms with E-state index in [2.05, 4.69) is 0 Å². The number of esters is 1. The van der Waals surface area contributed by atoms with Crippen molar-refractivity contribution in [1.82, 2.24) is 0 Å². The number of sulfonamides is 1. The van der Waals surface area contributed by atoms with Crippen molar-refractivity contribution < 1.29 is 17.9 Å². The summed E-state index contributed by atoms with van der Waals surface area (Å²) in [4.78, 5) is 11.7. The minimum Gasteiger partial charge on any atom is -0.459 e. The van der Waals surface area contributed by atoms with Gasteiger partial charge in [-0.15, -0.1) is 0 Å². The van der Waals surface area contributed by atoms with Gasteiger partial charge in [-0.2, -0.15) is 0 Å². The first-order chi connectivity index (χ1) is 9.30. The number of carbonyl (C=O) groups excluding carboxylic acids is 1. The molecule has 1 aromatic carbocycles. The first-order valence-electron chi connectivity index (χ1n) is 6.02. The third-order valence-corrected chi connectivity index (χ3v) is 4.92. The maximum Gasteiger partial charge on any atom is 0.341 e. The van der Waals surface area contributed by atoms with Gasteiger partial charge < -0.3 is 4.74 Å².